The van der Waals surface area contributed by atoms with Crippen LogP contribution in [-0.2, 0) is 4.79 Å². The first kappa shape index (κ1) is 15.2. The second-order valence-electron chi connectivity index (χ2n) is 5.27. The highest BCUT2D eigenvalue weighted by atomic mass is 16.6. The SMILES string of the molecule is CC1CC(NC(=O)/C=C/c2cccc([N+](=O)[O-])c2)CCN1. The Balaban J connectivity index is 1.92. The second kappa shape index (κ2) is 6.99. The van der Waals surface area contributed by atoms with Crippen LogP contribution in [0.25, 0.3) is 6.08 Å². The van der Waals surface area contributed by atoms with E-state index in [1.54, 1.807) is 18.2 Å². The Morgan fingerprint density at radius 3 is 3.05 bits per heavy atom. The molecule has 1 aliphatic heterocycles. The Hall–Kier alpha value is -2.21. The van der Waals surface area contributed by atoms with E-state index >= 15 is 0 Å². The van der Waals surface area contributed by atoms with Crippen LogP contribution < -0.4 is 10.6 Å². The fourth-order valence-corrected chi connectivity index (χ4v) is 2.43. The van der Waals surface area contributed by atoms with Crippen LogP contribution in [0.1, 0.15) is 25.3 Å². The molecule has 1 aromatic rings. The number of nitrogens with zero attached hydrogens (tertiary/aromatic N) is 1. The maximum absolute atomic E-state index is 11.9. The predicted octanol–water partition coefficient (Wildman–Crippen LogP) is 1.86. The maximum atomic E-state index is 11.9. The van der Waals surface area contributed by atoms with Crippen LogP contribution in [-0.4, -0.2) is 29.5 Å². The largest absolute Gasteiger partial charge is 0.350 e. The zero-order valence-electron chi connectivity index (χ0n) is 11.9. The predicted molar refractivity (Wildman–Crippen MR) is 80.8 cm³/mol. The zero-order chi connectivity index (χ0) is 15.2. The second-order valence-corrected chi connectivity index (χ2v) is 5.27. The van der Waals surface area contributed by atoms with Gasteiger partial charge in [-0.25, -0.2) is 0 Å². The third kappa shape index (κ3) is 4.68. The molecule has 21 heavy (non-hydrogen) atoms. The topological polar surface area (TPSA) is 84.3 Å². The van der Waals surface area contributed by atoms with Crippen molar-refractivity contribution >= 4 is 17.7 Å². The molecule has 2 N–H and O–H groups in total. The van der Waals surface area contributed by atoms with Crippen LogP contribution in [0, 0.1) is 10.1 Å². The fourth-order valence-electron chi connectivity index (χ4n) is 2.43. The molecule has 1 heterocycles. The highest BCUT2D eigenvalue weighted by Gasteiger charge is 2.18. The van der Waals surface area contributed by atoms with Gasteiger partial charge in [0.2, 0.25) is 5.91 Å². The summed E-state index contributed by atoms with van der Waals surface area (Å²) in [5.74, 6) is -0.166. The molecule has 0 radical (unpaired) electrons. The van der Waals surface area contributed by atoms with Crippen LogP contribution in [0.2, 0.25) is 0 Å². The number of nitro benzene ring substituents is 1. The first-order chi connectivity index (χ1) is 10.0. The molecular formula is C15H19N3O3. The van der Waals surface area contributed by atoms with Gasteiger partial charge >= 0.3 is 0 Å². The number of nitro groups is 1. The summed E-state index contributed by atoms with van der Waals surface area (Å²) in [4.78, 5) is 22.1. The summed E-state index contributed by atoms with van der Waals surface area (Å²) in [6, 6.07) is 6.78. The molecule has 1 amide bonds. The molecule has 0 aromatic heterocycles. The molecule has 1 aromatic carbocycles. The molecule has 112 valence electrons. The number of carbonyl (C=O) groups is 1. The number of nitrogens with one attached hydrogen (secondary N) is 2. The Morgan fingerprint density at radius 1 is 1.52 bits per heavy atom. The van der Waals surface area contributed by atoms with Gasteiger partial charge in [-0.05, 0) is 37.9 Å². The number of amides is 1. The van der Waals surface area contributed by atoms with Gasteiger partial charge in [0.05, 0.1) is 4.92 Å². The lowest BCUT2D eigenvalue weighted by Crippen LogP contribution is -2.46. The zero-order valence-corrected chi connectivity index (χ0v) is 11.9. The standard InChI is InChI=1S/C15H19N3O3/c1-11-9-13(7-8-16-11)17-15(19)6-5-12-3-2-4-14(10-12)18(20)21/h2-6,10-11,13,16H,7-9H2,1H3,(H,17,19)/b6-5+. The number of carbonyl (C=O) groups excluding carboxylic acids is 1. The van der Waals surface area contributed by atoms with Gasteiger partial charge in [0, 0.05) is 30.3 Å². The molecule has 0 bridgehead atoms. The van der Waals surface area contributed by atoms with Crippen molar-refractivity contribution in [1.82, 2.24) is 10.6 Å². The Bertz CT molecular complexity index is 557. The van der Waals surface area contributed by atoms with Crippen molar-refractivity contribution in [2.24, 2.45) is 0 Å². The van der Waals surface area contributed by atoms with E-state index in [0.29, 0.717) is 11.6 Å². The molecule has 0 aliphatic carbocycles. The minimum Gasteiger partial charge on any atom is -0.350 e. The molecule has 6 heteroatoms. The molecule has 6 nitrogen and oxygen atoms in total. The number of rotatable bonds is 4. The lowest BCUT2D eigenvalue weighted by Gasteiger charge is -2.28. The summed E-state index contributed by atoms with van der Waals surface area (Å²) in [5, 5.41) is 17.0. The van der Waals surface area contributed by atoms with Gasteiger partial charge in [-0.3, -0.25) is 14.9 Å². The lowest BCUT2D eigenvalue weighted by molar-refractivity contribution is -0.384. The van der Waals surface area contributed by atoms with Crippen LogP contribution in [0.5, 0.6) is 0 Å². The molecular weight excluding hydrogens is 270 g/mol. The van der Waals surface area contributed by atoms with Crippen molar-refractivity contribution in [2.45, 2.75) is 31.8 Å². The first-order valence-electron chi connectivity index (χ1n) is 7.01. The van der Waals surface area contributed by atoms with E-state index in [2.05, 4.69) is 17.6 Å². The van der Waals surface area contributed by atoms with E-state index in [1.165, 1.54) is 18.2 Å². The van der Waals surface area contributed by atoms with Crippen LogP contribution in [0.3, 0.4) is 0 Å². The first-order valence-corrected chi connectivity index (χ1v) is 7.01. The molecule has 0 spiro atoms. The van der Waals surface area contributed by atoms with E-state index in [1.807, 2.05) is 0 Å². The van der Waals surface area contributed by atoms with Crippen molar-refractivity contribution in [3.63, 3.8) is 0 Å². The summed E-state index contributed by atoms with van der Waals surface area (Å²) in [6.45, 7) is 3.00. The van der Waals surface area contributed by atoms with Gasteiger partial charge in [-0.15, -0.1) is 0 Å². The molecule has 1 saturated heterocycles. The third-order valence-corrected chi connectivity index (χ3v) is 3.48. The molecule has 1 fully saturated rings. The maximum Gasteiger partial charge on any atom is 0.270 e. The Morgan fingerprint density at radius 2 is 2.33 bits per heavy atom. The summed E-state index contributed by atoms with van der Waals surface area (Å²) in [6.07, 6.45) is 4.84. The average molecular weight is 289 g/mol. The van der Waals surface area contributed by atoms with Crippen molar-refractivity contribution in [3.8, 4) is 0 Å². The number of hydrogen-bond acceptors (Lipinski definition) is 4. The summed E-state index contributed by atoms with van der Waals surface area (Å²) < 4.78 is 0. The Kier molecular flexibility index (Phi) is 5.05. The van der Waals surface area contributed by atoms with Gasteiger partial charge < -0.3 is 10.6 Å². The number of non-ortho nitro benzene ring substituents is 1. The van der Waals surface area contributed by atoms with Crippen LogP contribution >= 0.6 is 0 Å². The van der Waals surface area contributed by atoms with Crippen molar-refractivity contribution < 1.29 is 9.72 Å². The monoisotopic (exact) mass is 289 g/mol. The van der Waals surface area contributed by atoms with Gasteiger partial charge in [-0.1, -0.05) is 12.1 Å². The smallest absolute Gasteiger partial charge is 0.270 e. The molecule has 2 atom stereocenters. The van der Waals surface area contributed by atoms with E-state index in [4.69, 9.17) is 0 Å². The number of benzene rings is 1. The minimum atomic E-state index is -0.451. The van der Waals surface area contributed by atoms with Crippen LogP contribution in [0.15, 0.2) is 30.3 Å². The van der Waals surface area contributed by atoms with Crippen LogP contribution in [0.4, 0.5) is 5.69 Å². The quantitative estimate of drug-likeness (QED) is 0.503. The summed E-state index contributed by atoms with van der Waals surface area (Å²) in [7, 11) is 0. The van der Waals surface area contributed by atoms with Gasteiger partial charge in [0.1, 0.15) is 0 Å². The summed E-state index contributed by atoms with van der Waals surface area (Å²) in [5.41, 5.74) is 0.655. The van der Waals surface area contributed by atoms with E-state index in [0.717, 1.165) is 19.4 Å². The number of hydrogen-bond donors (Lipinski definition) is 2. The normalized spacial score (nSPS) is 22.1. The van der Waals surface area contributed by atoms with Gasteiger partial charge in [0.25, 0.3) is 5.69 Å². The van der Waals surface area contributed by atoms with E-state index in [9.17, 15) is 14.9 Å². The molecule has 1 aliphatic rings. The molecule has 0 saturated carbocycles. The van der Waals surface area contributed by atoms with Crippen molar-refractivity contribution in [2.75, 3.05) is 6.54 Å². The highest BCUT2D eigenvalue weighted by molar-refractivity contribution is 5.92. The fraction of sp³-hybridized carbons (Fsp3) is 0.400. The average Bonchev–Trinajstić information content (AvgIpc) is 2.45. The lowest BCUT2D eigenvalue weighted by atomic mass is 10.0. The molecule has 2 unspecified atom stereocenters. The van der Waals surface area contributed by atoms with Gasteiger partial charge in [-0.2, -0.15) is 0 Å². The molecule has 2 rings (SSSR count). The Labute approximate surface area is 123 Å². The van der Waals surface area contributed by atoms with Gasteiger partial charge in [0.15, 0.2) is 0 Å². The minimum absolute atomic E-state index is 0.0183. The van der Waals surface area contributed by atoms with E-state index in [-0.39, 0.29) is 17.6 Å². The van der Waals surface area contributed by atoms with E-state index < -0.39 is 4.92 Å². The number of piperidine rings is 1. The van der Waals surface area contributed by atoms with Crippen molar-refractivity contribution in [1.29, 1.82) is 0 Å². The highest BCUT2D eigenvalue weighted by Crippen LogP contribution is 2.14. The van der Waals surface area contributed by atoms with Crippen molar-refractivity contribution in [3.05, 3.63) is 46.0 Å². The third-order valence-electron chi connectivity index (χ3n) is 3.48. The summed E-state index contributed by atoms with van der Waals surface area (Å²) >= 11 is 0.